The van der Waals surface area contributed by atoms with Crippen LogP contribution in [0.4, 0.5) is 18.0 Å². The fraction of sp³-hybridized carbons (Fsp3) is 0.615. The number of hydrogen-bond acceptors (Lipinski definition) is 6. The van der Waals surface area contributed by atoms with Crippen molar-refractivity contribution in [2.24, 2.45) is 5.73 Å². The molecule has 2 rings (SSSR count). The number of hydrogen-bond donors (Lipinski definition) is 3. The molecule has 1 aliphatic rings. The third-order valence-electron chi connectivity index (χ3n) is 3.30. The number of carbonyl (C=O) groups is 3. The first-order chi connectivity index (χ1) is 12.2. The van der Waals surface area contributed by atoms with Crippen LogP contribution >= 0.6 is 11.8 Å². The molecule has 1 aromatic rings. The molecule has 13 heteroatoms. The van der Waals surface area contributed by atoms with Crippen LogP contribution < -0.4 is 16.4 Å². The summed E-state index contributed by atoms with van der Waals surface area (Å²) in [5.74, 6) is -0.565. The predicted octanol–water partition coefficient (Wildman–Crippen LogP) is 0.511. The molecule has 4 amide bonds. The maximum Gasteiger partial charge on any atom is 0.405 e. The molecule has 1 heterocycles. The van der Waals surface area contributed by atoms with E-state index >= 15 is 0 Å². The van der Waals surface area contributed by atoms with Gasteiger partial charge in [-0.2, -0.15) is 13.2 Å². The van der Waals surface area contributed by atoms with Gasteiger partial charge in [0.05, 0.1) is 5.75 Å². The number of nitrogens with zero attached hydrogens (tertiary/aromatic N) is 3. The Balaban J connectivity index is 1.87. The van der Waals surface area contributed by atoms with Crippen molar-refractivity contribution in [3.63, 3.8) is 0 Å². The number of carbonyl (C=O) groups excluding carboxylic acids is 3. The van der Waals surface area contributed by atoms with Gasteiger partial charge in [0, 0.05) is 18.9 Å². The summed E-state index contributed by atoms with van der Waals surface area (Å²) in [5.41, 5.74) is 5.15. The van der Waals surface area contributed by atoms with E-state index in [9.17, 15) is 27.6 Å². The van der Waals surface area contributed by atoms with Gasteiger partial charge in [0.15, 0.2) is 5.16 Å². The van der Waals surface area contributed by atoms with Gasteiger partial charge < -0.3 is 15.6 Å². The van der Waals surface area contributed by atoms with Crippen molar-refractivity contribution < 1.29 is 27.6 Å². The van der Waals surface area contributed by atoms with Crippen molar-refractivity contribution in [1.29, 1.82) is 0 Å². The highest BCUT2D eigenvalue weighted by Gasteiger charge is 2.31. The first-order valence-corrected chi connectivity index (χ1v) is 8.63. The Bertz CT molecular complexity index is 689. The van der Waals surface area contributed by atoms with Crippen molar-refractivity contribution in [3.05, 3.63) is 5.82 Å². The maximum atomic E-state index is 12.0. The number of imide groups is 1. The Morgan fingerprint density at radius 3 is 2.54 bits per heavy atom. The monoisotopic (exact) mass is 394 g/mol. The predicted molar refractivity (Wildman–Crippen MR) is 84.1 cm³/mol. The van der Waals surface area contributed by atoms with Crippen LogP contribution in [0.3, 0.4) is 0 Å². The highest BCUT2D eigenvalue weighted by Crippen LogP contribution is 2.40. The van der Waals surface area contributed by atoms with Crippen molar-refractivity contribution in [3.8, 4) is 0 Å². The Kier molecular flexibility index (Phi) is 6.45. The van der Waals surface area contributed by atoms with Crippen molar-refractivity contribution in [2.45, 2.75) is 43.1 Å². The minimum absolute atomic E-state index is 0.0807. The number of alkyl halides is 3. The van der Waals surface area contributed by atoms with Gasteiger partial charge in [0.1, 0.15) is 12.4 Å². The summed E-state index contributed by atoms with van der Waals surface area (Å²) in [6.07, 6.45) is -2.57. The highest BCUT2D eigenvalue weighted by atomic mass is 32.2. The van der Waals surface area contributed by atoms with Crippen molar-refractivity contribution in [1.82, 2.24) is 25.4 Å². The van der Waals surface area contributed by atoms with E-state index in [-0.39, 0.29) is 24.6 Å². The van der Waals surface area contributed by atoms with Crippen LogP contribution in [0.2, 0.25) is 0 Å². The molecule has 0 saturated heterocycles. The van der Waals surface area contributed by atoms with Crippen molar-refractivity contribution in [2.75, 3.05) is 12.3 Å². The molecular formula is C13H17F3N6O3S. The van der Waals surface area contributed by atoms with Gasteiger partial charge in [0.25, 0.3) is 0 Å². The molecule has 144 valence electrons. The van der Waals surface area contributed by atoms with E-state index in [0.29, 0.717) is 11.0 Å². The van der Waals surface area contributed by atoms with Gasteiger partial charge >= 0.3 is 12.2 Å². The second-order valence-electron chi connectivity index (χ2n) is 5.62. The second-order valence-corrected chi connectivity index (χ2v) is 6.56. The normalized spacial score (nSPS) is 14.1. The Labute approximate surface area is 150 Å². The van der Waals surface area contributed by atoms with Gasteiger partial charge in [-0.05, 0) is 12.8 Å². The zero-order valence-electron chi connectivity index (χ0n) is 13.5. The lowest BCUT2D eigenvalue weighted by atomic mass is 10.3. The Morgan fingerprint density at radius 2 is 1.96 bits per heavy atom. The molecule has 26 heavy (non-hydrogen) atoms. The molecule has 1 saturated carbocycles. The average Bonchev–Trinajstić information content (AvgIpc) is 3.29. The lowest BCUT2D eigenvalue weighted by Crippen LogP contribution is -2.43. The number of nitrogens with two attached hydrogens (primary N) is 1. The van der Waals surface area contributed by atoms with Gasteiger partial charge in [-0.25, -0.2) is 4.79 Å². The van der Waals surface area contributed by atoms with Crippen LogP contribution in [0.15, 0.2) is 5.16 Å². The molecule has 4 N–H and O–H groups in total. The van der Waals surface area contributed by atoms with E-state index in [0.717, 1.165) is 24.6 Å². The van der Waals surface area contributed by atoms with Crippen LogP contribution in [0.25, 0.3) is 0 Å². The van der Waals surface area contributed by atoms with E-state index in [1.165, 1.54) is 5.32 Å². The smallest absolute Gasteiger partial charge is 0.370 e. The van der Waals surface area contributed by atoms with E-state index < -0.39 is 30.6 Å². The lowest BCUT2D eigenvalue weighted by molar-refractivity contribution is -0.124. The van der Waals surface area contributed by atoms with Gasteiger partial charge in [-0.15, -0.1) is 10.2 Å². The molecule has 0 atom stereocenters. The average molecular weight is 394 g/mol. The van der Waals surface area contributed by atoms with E-state index in [2.05, 4.69) is 10.2 Å². The standard InChI is InChI=1S/C13H17F3N6O3S/c14-13(15,16)6-18-11(25)19-9(24)5-26-12-21-20-10(7-1-2-7)22(12)4-3-8(17)23/h7H,1-6H2,(H2,17,23)(H2,18,19,24,25). The van der Waals surface area contributed by atoms with Crippen LogP contribution in [0, 0.1) is 0 Å². The summed E-state index contributed by atoms with van der Waals surface area (Å²) < 4.78 is 37.7. The number of amides is 4. The minimum atomic E-state index is -4.56. The van der Waals surface area contributed by atoms with Crippen LogP contribution in [0.5, 0.6) is 0 Å². The number of nitrogens with one attached hydrogen (secondary N) is 2. The zero-order chi connectivity index (χ0) is 19.3. The molecular weight excluding hydrogens is 377 g/mol. The van der Waals surface area contributed by atoms with E-state index in [1.54, 1.807) is 9.88 Å². The van der Waals surface area contributed by atoms with Crippen LogP contribution in [0.1, 0.15) is 31.0 Å². The molecule has 0 aliphatic heterocycles. The van der Waals surface area contributed by atoms with E-state index in [1.807, 2.05) is 0 Å². The van der Waals surface area contributed by atoms with E-state index in [4.69, 9.17) is 5.73 Å². The fourth-order valence-corrected chi connectivity index (χ4v) is 2.77. The maximum absolute atomic E-state index is 12.0. The fourth-order valence-electron chi connectivity index (χ4n) is 2.00. The largest absolute Gasteiger partial charge is 0.405 e. The summed E-state index contributed by atoms with van der Waals surface area (Å²) in [6.45, 7) is -1.27. The summed E-state index contributed by atoms with van der Waals surface area (Å²) in [5, 5.41) is 11.7. The number of halogens is 3. The van der Waals surface area contributed by atoms with Gasteiger partial charge in [-0.1, -0.05) is 11.8 Å². The molecule has 1 aliphatic carbocycles. The lowest BCUT2D eigenvalue weighted by Gasteiger charge is -2.10. The highest BCUT2D eigenvalue weighted by molar-refractivity contribution is 7.99. The summed E-state index contributed by atoms with van der Waals surface area (Å²) in [4.78, 5) is 33.9. The topological polar surface area (TPSA) is 132 Å². The summed E-state index contributed by atoms with van der Waals surface area (Å²) in [6, 6.07) is -1.23. The summed E-state index contributed by atoms with van der Waals surface area (Å²) >= 11 is 0.961. The van der Waals surface area contributed by atoms with Gasteiger partial charge in [0.2, 0.25) is 11.8 Å². The molecule has 1 aromatic heterocycles. The van der Waals surface area contributed by atoms with Crippen molar-refractivity contribution >= 4 is 29.6 Å². The third kappa shape index (κ3) is 6.54. The molecule has 0 radical (unpaired) electrons. The second kappa shape index (κ2) is 8.38. The summed E-state index contributed by atoms with van der Waals surface area (Å²) in [7, 11) is 0. The number of rotatable bonds is 8. The van der Waals surface area contributed by atoms with Crippen LogP contribution in [-0.4, -0.2) is 51.1 Å². The molecule has 0 aromatic carbocycles. The SMILES string of the molecule is NC(=O)CCn1c(SCC(=O)NC(=O)NCC(F)(F)F)nnc1C1CC1. The molecule has 0 spiro atoms. The molecule has 1 fully saturated rings. The van der Waals surface area contributed by atoms with Crippen LogP contribution in [-0.2, 0) is 16.1 Å². The number of thioether (sulfide) groups is 1. The Hall–Kier alpha value is -2.31. The number of aromatic nitrogens is 3. The molecule has 0 bridgehead atoms. The third-order valence-corrected chi connectivity index (χ3v) is 4.27. The number of urea groups is 1. The number of primary amides is 1. The van der Waals surface area contributed by atoms with Gasteiger partial charge in [-0.3, -0.25) is 14.9 Å². The quantitative estimate of drug-likeness (QED) is 0.551. The minimum Gasteiger partial charge on any atom is -0.370 e. The first-order valence-electron chi connectivity index (χ1n) is 7.64. The molecule has 0 unspecified atom stereocenters. The first kappa shape index (κ1) is 20.0. The molecule has 9 nitrogen and oxygen atoms in total. The zero-order valence-corrected chi connectivity index (χ0v) is 14.3. The Morgan fingerprint density at radius 1 is 1.27 bits per heavy atom.